The SMILES string of the molecule is CNC(=O)COC(=O)c1nc(-c2cccs2)n(-c2cccc(C(F)(F)F)c2)n1. The van der Waals surface area contributed by atoms with Gasteiger partial charge in [-0.2, -0.15) is 18.2 Å². The molecule has 1 amide bonds. The molecule has 3 rings (SSSR count). The second-order valence-corrected chi connectivity index (χ2v) is 6.39. The van der Waals surface area contributed by atoms with Gasteiger partial charge in [0.1, 0.15) is 0 Å². The van der Waals surface area contributed by atoms with Crippen LogP contribution in [-0.2, 0) is 15.7 Å². The number of rotatable bonds is 5. The Kier molecular flexibility index (Phi) is 5.45. The van der Waals surface area contributed by atoms with Gasteiger partial charge in [0.25, 0.3) is 11.7 Å². The minimum absolute atomic E-state index is 0.0797. The van der Waals surface area contributed by atoms with Crippen LogP contribution in [0.15, 0.2) is 41.8 Å². The molecule has 28 heavy (non-hydrogen) atoms. The van der Waals surface area contributed by atoms with Crippen LogP contribution in [0.25, 0.3) is 16.4 Å². The number of esters is 1. The van der Waals surface area contributed by atoms with Crippen LogP contribution >= 0.6 is 11.3 Å². The van der Waals surface area contributed by atoms with E-state index in [0.29, 0.717) is 4.88 Å². The van der Waals surface area contributed by atoms with E-state index < -0.39 is 30.2 Å². The molecule has 0 saturated carbocycles. The Bertz CT molecular complexity index is 999. The fourth-order valence-corrected chi connectivity index (χ4v) is 2.92. The highest BCUT2D eigenvalue weighted by Crippen LogP contribution is 2.32. The predicted octanol–water partition coefficient (Wildman–Crippen LogP) is 2.92. The summed E-state index contributed by atoms with van der Waals surface area (Å²) in [6.45, 7) is -0.526. The molecule has 7 nitrogen and oxygen atoms in total. The van der Waals surface area contributed by atoms with Gasteiger partial charge in [0, 0.05) is 7.05 Å². The lowest BCUT2D eigenvalue weighted by atomic mass is 10.2. The zero-order chi connectivity index (χ0) is 20.3. The van der Waals surface area contributed by atoms with Gasteiger partial charge in [-0.15, -0.1) is 16.4 Å². The molecule has 0 fully saturated rings. The fraction of sp³-hybridized carbons (Fsp3) is 0.176. The summed E-state index contributed by atoms with van der Waals surface area (Å²) in [5.41, 5.74) is -0.780. The number of hydrogen-bond acceptors (Lipinski definition) is 6. The zero-order valence-electron chi connectivity index (χ0n) is 14.4. The molecule has 3 aromatic rings. The zero-order valence-corrected chi connectivity index (χ0v) is 15.2. The van der Waals surface area contributed by atoms with Gasteiger partial charge in [-0.05, 0) is 29.6 Å². The number of carbonyl (C=O) groups excluding carboxylic acids is 2. The van der Waals surface area contributed by atoms with Gasteiger partial charge < -0.3 is 10.1 Å². The summed E-state index contributed by atoms with van der Waals surface area (Å²) in [5.74, 6) is -1.68. The van der Waals surface area contributed by atoms with Crippen LogP contribution in [0.2, 0.25) is 0 Å². The van der Waals surface area contributed by atoms with Crippen molar-refractivity contribution in [2.75, 3.05) is 13.7 Å². The van der Waals surface area contributed by atoms with Gasteiger partial charge in [-0.25, -0.2) is 9.48 Å². The molecule has 0 radical (unpaired) electrons. The summed E-state index contributed by atoms with van der Waals surface area (Å²) >= 11 is 1.28. The molecule has 11 heteroatoms. The average molecular weight is 410 g/mol. The number of halogens is 3. The van der Waals surface area contributed by atoms with Gasteiger partial charge in [0.15, 0.2) is 12.4 Å². The van der Waals surface area contributed by atoms with E-state index in [2.05, 4.69) is 15.4 Å². The highest BCUT2D eigenvalue weighted by atomic mass is 32.1. The molecule has 0 atom stereocenters. The van der Waals surface area contributed by atoms with Gasteiger partial charge >= 0.3 is 12.1 Å². The molecule has 2 aromatic heterocycles. The molecule has 2 heterocycles. The van der Waals surface area contributed by atoms with E-state index in [-0.39, 0.29) is 17.3 Å². The first-order valence-electron chi connectivity index (χ1n) is 7.86. The van der Waals surface area contributed by atoms with Crippen molar-refractivity contribution in [1.29, 1.82) is 0 Å². The lowest BCUT2D eigenvalue weighted by Crippen LogP contribution is -2.25. The van der Waals surface area contributed by atoms with E-state index in [1.807, 2.05) is 0 Å². The number of ether oxygens (including phenoxy) is 1. The maximum atomic E-state index is 13.0. The van der Waals surface area contributed by atoms with Crippen LogP contribution in [-0.4, -0.2) is 40.3 Å². The van der Waals surface area contributed by atoms with Crippen molar-refractivity contribution in [1.82, 2.24) is 20.1 Å². The first-order chi connectivity index (χ1) is 13.3. The quantitative estimate of drug-likeness (QED) is 0.654. The Morgan fingerprint density at radius 1 is 1.25 bits per heavy atom. The summed E-state index contributed by atoms with van der Waals surface area (Å²) in [6.07, 6.45) is -4.53. The van der Waals surface area contributed by atoms with Gasteiger partial charge in [-0.1, -0.05) is 12.1 Å². The standard InChI is InChI=1S/C17H13F3N4O3S/c1-21-13(25)9-27-16(26)14-22-15(12-6-3-7-28-12)24(23-14)11-5-2-4-10(8-11)17(18,19)20/h2-8H,9H2,1H3,(H,21,25). The Morgan fingerprint density at radius 2 is 2.04 bits per heavy atom. The normalized spacial score (nSPS) is 11.3. The van der Waals surface area contributed by atoms with E-state index in [4.69, 9.17) is 4.74 Å². The van der Waals surface area contributed by atoms with Gasteiger partial charge in [-0.3, -0.25) is 4.79 Å². The van der Waals surface area contributed by atoms with Crippen LogP contribution in [0.1, 0.15) is 16.2 Å². The number of alkyl halides is 3. The second-order valence-electron chi connectivity index (χ2n) is 5.45. The molecule has 1 aromatic carbocycles. The number of amides is 1. The topological polar surface area (TPSA) is 86.1 Å². The van der Waals surface area contributed by atoms with Crippen molar-refractivity contribution in [3.8, 4) is 16.4 Å². The highest BCUT2D eigenvalue weighted by molar-refractivity contribution is 7.13. The number of nitrogens with zero attached hydrogens (tertiary/aromatic N) is 3. The molecule has 0 spiro atoms. The summed E-state index contributed by atoms with van der Waals surface area (Å²) in [4.78, 5) is 28.1. The lowest BCUT2D eigenvalue weighted by Gasteiger charge is -2.09. The number of thiophene rings is 1. The highest BCUT2D eigenvalue weighted by Gasteiger charge is 2.31. The van der Waals surface area contributed by atoms with E-state index in [1.54, 1.807) is 17.5 Å². The number of hydrogen-bond donors (Lipinski definition) is 1. The molecular weight excluding hydrogens is 397 g/mol. The Hall–Kier alpha value is -3.21. The summed E-state index contributed by atoms with van der Waals surface area (Å²) < 4.78 is 45.1. The van der Waals surface area contributed by atoms with Crippen molar-refractivity contribution in [2.24, 2.45) is 0 Å². The van der Waals surface area contributed by atoms with E-state index in [0.717, 1.165) is 16.8 Å². The molecule has 1 N–H and O–H groups in total. The van der Waals surface area contributed by atoms with Gasteiger partial charge in [0.05, 0.1) is 16.1 Å². The van der Waals surface area contributed by atoms with Crippen molar-refractivity contribution >= 4 is 23.2 Å². The van der Waals surface area contributed by atoms with Crippen molar-refractivity contribution in [2.45, 2.75) is 6.18 Å². The van der Waals surface area contributed by atoms with Crippen molar-refractivity contribution in [3.63, 3.8) is 0 Å². The van der Waals surface area contributed by atoms with E-state index in [1.165, 1.54) is 30.5 Å². The van der Waals surface area contributed by atoms with E-state index >= 15 is 0 Å². The molecule has 0 unspecified atom stereocenters. The smallest absolute Gasteiger partial charge is 0.416 e. The molecular formula is C17H13F3N4O3S. The number of likely N-dealkylation sites (N-methyl/N-ethyl adjacent to an activating group) is 1. The summed E-state index contributed by atoms with van der Waals surface area (Å²) in [7, 11) is 1.38. The maximum absolute atomic E-state index is 13.0. The molecule has 0 aliphatic heterocycles. The average Bonchev–Trinajstić information content (AvgIpc) is 3.34. The molecule has 0 aliphatic rings. The summed E-state index contributed by atoms with van der Waals surface area (Å²) in [5, 5.41) is 8.05. The Balaban J connectivity index is 2.02. The van der Waals surface area contributed by atoms with E-state index in [9.17, 15) is 22.8 Å². The first-order valence-corrected chi connectivity index (χ1v) is 8.74. The minimum atomic E-state index is -4.53. The molecule has 0 bridgehead atoms. The maximum Gasteiger partial charge on any atom is 0.416 e. The molecule has 146 valence electrons. The number of carbonyl (C=O) groups is 2. The third-order valence-corrected chi connectivity index (χ3v) is 4.43. The monoisotopic (exact) mass is 410 g/mol. The number of benzene rings is 1. The van der Waals surface area contributed by atoms with Crippen LogP contribution in [0.3, 0.4) is 0 Å². The number of aromatic nitrogens is 3. The van der Waals surface area contributed by atoms with Crippen LogP contribution < -0.4 is 5.32 Å². The number of nitrogens with one attached hydrogen (secondary N) is 1. The summed E-state index contributed by atoms with van der Waals surface area (Å²) in [6, 6.07) is 7.92. The third kappa shape index (κ3) is 4.19. The first kappa shape index (κ1) is 19.5. The van der Waals surface area contributed by atoms with Gasteiger partial charge in [0.2, 0.25) is 0 Å². The fourth-order valence-electron chi connectivity index (χ4n) is 2.23. The van der Waals surface area contributed by atoms with Crippen molar-refractivity contribution in [3.05, 3.63) is 53.2 Å². The van der Waals surface area contributed by atoms with Crippen LogP contribution in [0.5, 0.6) is 0 Å². The Labute approximate surface area is 160 Å². The van der Waals surface area contributed by atoms with Crippen LogP contribution in [0, 0.1) is 0 Å². The lowest BCUT2D eigenvalue weighted by molar-refractivity contribution is -0.137. The second kappa shape index (κ2) is 7.80. The minimum Gasteiger partial charge on any atom is -0.450 e. The molecule has 0 aliphatic carbocycles. The van der Waals surface area contributed by atoms with Crippen molar-refractivity contribution < 1.29 is 27.5 Å². The largest absolute Gasteiger partial charge is 0.450 e. The van der Waals surface area contributed by atoms with Crippen LogP contribution in [0.4, 0.5) is 13.2 Å². The molecule has 0 saturated heterocycles. The predicted molar refractivity (Wildman–Crippen MR) is 94.0 cm³/mol. The third-order valence-electron chi connectivity index (χ3n) is 3.56. The Morgan fingerprint density at radius 3 is 2.68 bits per heavy atom.